The Kier molecular flexibility index (Phi) is 3.52. The molecule has 64 valence electrons. The summed E-state index contributed by atoms with van der Waals surface area (Å²) < 4.78 is 0. The van der Waals surface area contributed by atoms with Crippen LogP contribution < -0.4 is 0 Å². The molecule has 0 aliphatic heterocycles. The summed E-state index contributed by atoms with van der Waals surface area (Å²) in [5.41, 5.74) is 4.49. The van der Waals surface area contributed by atoms with Crippen molar-refractivity contribution in [3.8, 4) is 0 Å². The van der Waals surface area contributed by atoms with Crippen LogP contribution in [0.5, 0.6) is 0 Å². The van der Waals surface area contributed by atoms with Crippen molar-refractivity contribution in [3.05, 3.63) is 34.9 Å². The quantitative estimate of drug-likeness (QED) is 0.642. The number of aryl methyl sites for hydroxylation is 2. The summed E-state index contributed by atoms with van der Waals surface area (Å²) in [5, 5.41) is 0. The van der Waals surface area contributed by atoms with Crippen LogP contribution in [0.2, 0.25) is 0 Å². The van der Waals surface area contributed by atoms with E-state index in [0.29, 0.717) is 0 Å². The van der Waals surface area contributed by atoms with Crippen LogP contribution in [0.25, 0.3) is 0 Å². The molecular weight excluding hydrogens is 316 g/mol. The van der Waals surface area contributed by atoms with Crippen molar-refractivity contribution < 1.29 is 21.1 Å². The molecule has 1 heteroatoms. The van der Waals surface area contributed by atoms with Gasteiger partial charge in [0.1, 0.15) is 0 Å². The summed E-state index contributed by atoms with van der Waals surface area (Å²) >= 11 is 0. The molecule has 0 nitrogen and oxygen atoms in total. The van der Waals surface area contributed by atoms with Gasteiger partial charge in [-0.1, -0.05) is 32.6 Å². The predicted molar refractivity (Wildman–Crippen MR) is 46.7 cm³/mol. The molecule has 0 radical (unpaired) electrons. The molecule has 0 unspecified atom stereocenters. The van der Waals surface area contributed by atoms with Crippen molar-refractivity contribution >= 4 is 0 Å². The first-order valence-electron chi connectivity index (χ1n) is 4.37. The maximum absolute atomic E-state index is 3.33. The summed E-state index contributed by atoms with van der Waals surface area (Å²) in [4.78, 5) is 0. The summed E-state index contributed by atoms with van der Waals surface area (Å²) in [5.74, 6) is 0. The van der Waals surface area contributed by atoms with Crippen LogP contribution in [0.3, 0.4) is 0 Å². The summed E-state index contributed by atoms with van der Waals surface area (Å²) in [6.07, 6.45) is 5.24. The van der Waals surface area contributed by atoms with Gasteiger partial charge in [0.15, 0.2) is 0 Å². The Balaban J connectivity index is 0.000000720. The molecule has 1 aliphatic rings. The van der Waals surface area contributed by atoms with Gasteiger partial charge in [-0.05, 0) is 0 Å². The number of rotatable bonds is 0. The van der Waals surface area contributed by atoms with Gasteiger partial charge in [0.25, 0.3) is 0 Å². The fourth-order valence-electron chi connectivity index (χ4n) is 1.87. The maximum Gasteiger partial charge on any atom is 0 e. The fraction of sp³-hybridized carbons (Fsp3) is 0.455. The van der Waals surface area contributed by atoms with Gasteiger partial charge in [-0.25, -0.2) is 0 Å². The van der Waals surface area contributed by atoms with Gasteiger partial charge in [-0.2, -0.15) is 29.3 Å². The number of benzene rings is 1. The molecule has 1 aliphatic carbocycles. The van der Waals surface area contributed by atoms with Crippen LogP contribution in [-0.2, 0) is 33.9 Å². The van der Waals surface area contributed by atoms with Gasteiger partial charge in [0, 0.05) is 21.1 Å². The van der Waals surface area contributed by atoms with E-state index >= 15 is 0 Å². The SMILES string of the molecule is Cc1cc[c-]c2c1CCCC2.[W]. The third-order valence-electron chi connectivity index (χ3n) is 2.53. The van der Waals surface area contributed by atoms with Crippen LogP contribution in [0.4, 0.5) is 0 Å². The molecule has 1 aromatic rings. The van der Waals surface area contributed by atoms with Gasteiger partial charge in [-0.3, -0.25) is 0 Å². The van der Waals surface area contributed by atoms with E-state index in [9.17, 15) is 0 Å². The first kappa shape index (κ1) is 9.99. The Morgan fingerprint density at radius 2 is 2.00 bits per heavy atom. The van der Waals surface area contributed by atoms with E-state index in [-0.39, 0.29) is 21.1 Å². The first-order chi connectivity index (χ1) is 5.38. The molecule has 0 saturated carbocycles. The monoisotopic (exact) mass is 329 g/mol. The largest absolute Gasteiger partial charge is 0.180 e. The average molecular weight is 329 g/mol. The van der Waals surface area contributed by atoms with Crippen molar-refractivity contribution in [1.29, 1.82) is 0 Å². The van der Waals surface area contributed by atoms with Gasteiger partial charge in [-0.15, -0.1) is 5.56 Å². The Hall–Kier alpha value is -0.0917. The predicted octanol–water partition coefficient (Wildman–Crippen LogP) is 2.67. The molecule has 0 saturated heterocycles. The van der Waals surface area contributed by atoms with Crippen molar-refractivity contribution in [1.82, 2.24) is 0 Å². The van der Waals surface area contributed by atoms with E-state index in [2.05, 4.69) is 25.1 Å². The molecule has 2 rings (SSSR count). The van der Waals surface area contributed by atoms with Crippen LogP contribution >= 0.6 is 0 Å². The molecule has 12 heavy (non-hydrogen) atoms. The fourth-order valence-corrected chi connectivity index (χ4v) is 1.87. The number of fused-ring (bicyclic) bond motifs is 1. The zero-order valence-electron chi connectivity index (χ0n) is 7.39. The standard InChI is InChI=1S/C11H13.W/c1-9-5-4-7-10-6-2-3-8-11(9)10;/h4-5H,2-3,6,8H2,1H3;/q-1;. The van der Waals surface area contributed by atoms with Crippen LogP contribution in [0.1, 0.15) is 29.5 Å². The smallest absolute Gasteiger partial charge is 0 e. The van der Waals surface area contributed by atoms with Crippen LogP contribution in [0.15, 0.2) is 12.1 Å². The number of hydrogen-bond donors (Lipinski definition) is 0. The van der Waals surface area contributed by atoms with Crippen molar-refractivity contribution in [2.45, 2.75) is 32.6 Å². The maximum atomic E-state index is 3.33. The summed E-state index contributed by atoms with van der Waals surface area (Å²) in [6.45, 7) is 2.21. The van der Waals surface area contributed by atoms with Gasteiger partial charge in [0.2, 0.25) is 0 Å². The molecular formula is C11H13W-. The Morgan fingerprint density at radius 1 is 1.25 bits per heavy atom. The molecule has 0 atom stereocenters. The van der Waals surface area contributed by atoms with E-state index < -0.39 is 0 Å². The third kappa shape index (κ3) is 1.80. The Bertz CT molecular complexity index is 266. The van der Waals surface area contributed by atoms with E-state index in [4.69, 9.17) is 0 Å². The average Bonchev–Trinajstić information content (AvgIpc) is 2.06. The van der Waals surface area contributed by atoms with Crippen molar-refractivity contribution in [2.75, 3.05) is 0 Å². The van der Waals surface area contributed by atoms with Crippen molar-refractivity contribution in [2.24, 2.45) is 0 Å². The van der Waals surface area contributed by atoms with Crippen molar-refractivity contribution in [3.63, 3.8) is 0 Å². The summed E-state index contributed by atoms with van der Waals surface area (Å²) in [7, 11) is 0. The van der Waals surface area contributed by atoms with Gasteiger partial charge < -0.3 is 0 Å². The van der Waals surface area contributed by atoms with Crippen LogP contribution in [0, 0.1) is 13.0 Å². The van der Waals surface area contributed by atoms with Gasteiger partial charge in [0.05, 0.1) is 0 Å². The second-order valence-electron chi connectivity index (χ2n) is 3.32. The normalized spacial score (nSPS) is 14.8. The molecule has 0 aromatic heterocycles. The molecule has 0 bridgehead atoms. The van der Waals surface area contributed by atoms with Crippen LogP contribution in [-0.4, -0.2) is 0 Å². The molecule has 0 fully saturated rings. The molecule has 0 amide bonds. The number of hydrogen-bond acceptors (Lipinski definition) is 0. The van der Waals surface area contributed by atoms with E-state index in [1.165, 1.54) is 36.8 Å². The Labute approximate surface area is 88.6 Å². The topological polar surface area (TPSA) is 0 Å². The molecule has 0 heterocycles. The molecule has 0 N–H and O–H groups in total. The first-order valence-corrected chi connectivity index (χ1v) is 4.37. The third-order valence-corrected chi connectivity index (χ3v) is 2.53. The Morgan fingerprint density at radius 3 is 2.75 bits per heavy atom. The molecule has 1 aromatic carbocycles. The zero-order valence-corrected chi connectivity index (χ0v) is 10.3. The minimum absolute atomic E-state index is 0. The van der Waals surface area contributed by atoms with Gasteiger partial charge >= 0.3 is 0 Å². The van der Waals surface area contributed by atoms with E-state index in [1.54, 1.807) is 5.56 Å². The minimum Gasteiger partial charge on any atom is -0.180 e. The summed E-state index contributed by atoms with van der Waals surface area (Å²) in [6, 6.07) is 7.56. The second-order valence-corrected chi connectivity index (χ2v) is 3.32. The van der Waals surface area contributed by atoms with E-state index in [0.717, 1.165) is 0 Å². The minimum atomic E-state index is 0. The zero-order chi connectivity index (χ0) is 7.68. The second kappa shape index (κ2) is 4.23. The van der Waals surface area contributed by atoms with E-state index in [1.807, 2.05) is 0 Å². The molecule has 0 spiro atoms.